The van der Waals surface area contributed by atoms with Crippen molar-refractivity contribution in [1.29, 1.82) is 0 Å². The minimum absolute atomic E-state index is 0.793. The van der Waals surface area contributed by atoms with E-state index in [-0.39, 0.29) is 0 Å². The SMILES string of the molecule is c1ccc2c(c1)CCN1Cc3cc(OCCCN4CCCCC4)ccc3N=C21. The number of hydrogen-bond acceptors (Lipinski definition) is 4. The van der Waals surface area contributed by atoms with Crippen LogP contribution in [0.5, 0.6) is 5.75 Å². The summed E-state index contributed by atoms with van der Waals surface area (Å²) in [5.74, 6) is 2.11. The van der Waals surface area contributed by atoms with Crippen LogP contribution in [-0.2, 0) is 13.0 Å². The molecule has 0 atom stereocenters. The Morgan fingerprint density at radius 1 is 0.929 bits per heavy atom. The summed E-state index contributed by atoms with van der Waals surface area (Å²) >= 11 is 0. The molecule has 0 saturated carbocycles. The standard InChI is InChI=1S/C24H29N3O/c1-4-12-26(13-5-1)14-6-16-28-21-9-10-23-20(17-21)18-27-15-11-19-7-2-3-8-22(19)24(27)25-23/h2-3,7-10,17H,1,4-6,11-16,18H2. The summed E-state index contributed by atoms with van der Waals surface area (Å²) in [4.78, 5) is 9.97. The fraction of sp³-hybridized carbons (Fsp3) is 0.458. The van der Waals surface area contributed by atoms with Crippen LogP contribution in [-0.4, -0.2) is 48.4 Å². The monoisotopic (exact) mass is 375 g/mol. The minimum Gasteiger partial charge on any atom is -0.494 e. The summed E-state index contributed by atoms with van der Waals surface area (Å²) in [5.41, 5.74) is 5.06. The van der Waals surface area contributed by atoms with E-state index in [9.17, 15) is 0 Å². The number of ether oxygens (including phenoxy) is 1. The largest absolute Gasteiger partial charge is 0.494 e. The van der Waals surface area contributed by atoms with Gasteiger partial charge in [0.15, 0.2) is 0 Å². The highest BCUT2D eigenvalue weighted by atomic mass is 16.5. The Kier molecular flexibility index (Phi) is 5.05. The molecule has 3 heterocycles. The number of fused-ring (bicyclic) bond motifs is 4. The Morgan fingerprint density at radius 3 is 2.75 bits per heavy atom. The molecule has 0 unspecified atom stereocenters. The summed E-state index contributed by atoms with van der Waals surface area (Å²) in [5, 5.41) is 0. The third-order valence-corrected chi connectivity index (χ3v) is 6.18. The second kappa shape index (κ2) is 7.96. The van der Waals surface area contributed by atoms with Crippen LogP contribution in [0.1, 0.15) is 42.4 Å². The molecule has 4 heteroatoms. The van der Waals surface area contributed by atoms with Crippen molar-refractivity contribution in [2.45, 2.75) is 38.6 Å². The van der Waals surface area contributed by atoms with Crippen molar-refractivity contribution in [3.05, 3.63) is 59.2 Å². The van der Waals surface area contributed by atoms with E-state index in [0.29, 0.717) is 0 Å². The van der Waals surface area contributed by atoms with Crippen molar-refractivity contribution in [1.82, 2.24) is 9.80 Å². The maximum atomic E-state index is 6.06. The molecule has 0 aromatic heterocycles. The van der Waals surface area contributed by atoms with Crippen molar-refractivity contribution in [2.75, 3.05) is 32.8 Å². The number of benzene rings is 2. The van der Waals surface area contributed by atoms with Gasteiger partial charge in [-0.1, -0.05) is 30.7 Å². The molecule has 3 aliphatic heterocycles. The zero-order chi connectivity index (χ0) is 18.8. The molecule has 0 N–H and O–H groups in total. The average molecular weight is 376 g/mol. The number of piperidine rings is 1. The summed E-state index contributed by atoms with van der Waals surface area (Å²) in [6, 6.07) is 15.1. The van der Waals surface area contributed by atoms with Crippen molar-refractivity contribution < 1.29 is 4.74 Å². The van der Waals surface area contributed by atoms with Crippen LogP contribution in [0.25, 0.3) is 0 Å². The Labute approximate surface area is 167 Å². The molecular weight excluding hydrogens is 346 g/mol. The Bertz CT molecular complexity index is 870. The maximum absolute atomic E-state index is 6.06. The van der Waals surface area contributed by atoms with Crippen molar-refractivity contribution in [3.63, 3.8) is 0 Å². The van der Waals surface area contributed by atoms with E-state index in [0.717, 1.165) is 56.4 Å². The van der Waals surface area contributed by atoms with Crippen molar-refractivity contribution in [2.24, 2.45) is 4.99 Å². The lowest BCUT2D eigenvalue weighted by Gasteiger charge is -2.35. The zero-order valence-corrected chi connectivity index (χ0v) is 16.6. The van der Waals surface area contributed by atoms with Crippen LogP contribution in [0.3, 0.4) is 0 Å². The van der Waals surface area contributed by atoms with E-state index < -0.39 is 0 Å². The van der Waals surface area contributed by atoms with Crippen LogP contribution in [0.4, 0.5) is 5.69 Å². The second-order valence-corrected chi connectivity index (χ2v) is 8.16. The molecule has 28 heavy (non-hydrogen) atoms. The molecular formula is C24H29N3O. The molecule has 0 bridgehead atoms. The highest BCUT2D eigenvalue weighted by molar-refractivity contribution is 6.03. The maximum Gasteiger partial charge on any atom is 0.137 e. The average Bonchev–Trinajstić information content (AvgIpc) is 2.76. The summed E-state index contributed by atoms with van der Waals surface area (Å²) in [6.45, 7) is 6.44. The normalized spacial score (nSPS) is 18.7. The lowest BCUT2D eigenvalue weighted by molar-refractivity contribution is 0.205. The molecule has 1 saturated heterocycles. The first kappa shape index (κ1) is 17.7. The van der Waals surface area contributed by atoms with Gasteiger partial charge in [-0.2, -0.15) is 0 Å². The molecule has 4 nitrogen and oxygen atoms in total. The van der Waals surface area contributed by atoms with Gasteiger partial charge in [0.05, 0.1) is 12.3 Å². The van der Waals surface area contributed by atoms with Crippen LogP contribution >= 0.6 is 0 Å². The third-order valence-electron chi connectivity index (χ3n) is 6.18. The van der Waals surface area contributed by atoms with Gasteiger partial charge in [0.25, 0.3) is 0 Å². The molecule has 1 fully saturated rings. The quantitative estimate of drug-likeness (QED) is 0.726. The van der Waals surface area contributed by atoms with Gasteiger partial charge in [0, 0.05) is 30.8 Å². The smallest absolute Gasteiger partial charge is 0.137 e. The van der Waals surface area contributed by atoms with Crippen LogP contribution in [0, 0.1) is 0 Å². The van der Waals surface area contributed by atoms with Crippen LogP contribution in [0.15, 0.2) is 47.5 Å². The summed E-state index contributed by atoms with van der Waals surface area (Å²) in [6.07, 6.45) is 6.30. The molecule has 0 spiro atoms. The lowest BCUT2D eigenvalue weighted by atomic mass is 9.96. The van der Waals surface area contributed by atoms with Gasteiger partial charge in [-0.25, -0.2) is 4.99 Å². The number of rotatable bonds is 5. The molecule has 2 aromatic carbocycles. The lowest BCUT2D eigenvalue weighted by Crippen LogP contribution is -2.39. The molecule has 3 aliphatic rings. The van der Waals surface area contributed by atoms with E-state index >= 15 is 0 Å². The Hall–Kier alpha value is -2.33. The van der Waals surface area contributed by atoms with Gasteiger partial charge in [-0.3, -0.25) is 0 Å². The van der Waals surface area contributed by atoms with Gasteiger partial charge in [-0.15, -0.1) is 0 Å². The molecule has 0 radical (unpaired) electrons. The number of aliphatic imine (C=N–C) groups is 1. The first-order chi connectivity index (χ1) is 13.9. The number of nitrogens with zero attached hydrogens (tertiary/aromatic N) is 3. The van der Waals surface area contributed by atoms with E-state index in [2.05, 4.69) is 52.3 Å². The van der Waals surface area contributed by atoms with Gasteiger partial charge in [0.2, 0.25) is 0 Å². The molecule has 146 valence electrons. The highest BCUT2D eigenvalue weighted by Crippen LogP contribution is 2.33. The third kappa shape index (κ3) is 3.66. The molecule has 0 aliphatic carbocycles. The predicted molar refractivity (Wildman–Crippen MR) is 114 cm³/mol. The fourth-order valence-electron chi connectivity index (χ4n) is 4.64. The first-order valence-corrected chi connectivity index (χ1v) is 10.8. The highest BCUT2D eigenvalue weighted by Gasteiger charge is 2.26. The van der Waals surface area contributed by atoms with E-state index in [1.54, 1.807) is 0 Å². The molecule has 2 aromatic rings. The van der Waals surface area contributed by atoms with Gasteiger partial charge in [0.1, 0.15) is 11.6 Å². The first-order valence-electron chi connectivity index (χ1n) is 10.8. The van der Waals surface area contributed by atoms with Gasteiger partial charge in [-0.05, 0) is 62.5 Å². The number of hydrogen-bond donors (Lipinski definition) is 0. The van der Waals surface area contributed by atoms with E-state index in [1.165, 1.54) is 49.0 Å². The second-order valence-electron chi connectivity index (χ2n) is 8.16. The van der Waals surface area contributed by atoms with Crippen LogP contribution < -0.4 is 4.74 Å². The molecule has 5 rings (SSSR count). The Balaban J connectivity index is 1.24. The number of amidine groups is 1. The zero-order valence-electron chi connectivity index (χ0n) is 16.6. The van der Waals surface area contributed by atoms with Crippen molar-refractivity contribution in [3.8, 4) is 5.75 Å². The van der Waals surface area contributed by atoms with E-state index in [4.69, 9.17) is 9.73 Å². The summed E-state index contributed by atoms with van der Waals surface area (Å²) < 4.78 is 6.06. The topological polar surface area (TPSA) is 28.1 Å². The number of likely N-dealkylation sites (tertiary alicyclic amines) is 1. The predicted octanol–water partition coefficient (Wildman–Crippen LogP) is 4.39. The Morgan fingerprint density at radius 2 is 1.82 bits per heavy atom. The van der Waals surface area contributed by atoms with Gasteiger partial charge < -0.3 is 14.5 Å². The minimum atomic E-state index is 0.793. The molecule has 0 amide bonds. The fourth-order valence-corrected chi connectivity index (χ4v) is 4.64. The van der Waals surface area contributed by atoms with Gasteiger partial charge >= 0.3 is 0 Å². The van der Waals surface area contributed by atoms with Crippen molar-refractivity contribution >= 4 is 11.5 Å². The van der Waals surface area contributed by atoms with E-state index in [1.807, 2.05) is 0 Å². The summed E-state index contributed by atoms with van der Waals surface area (Å²) in [7, 11) is 0. The van der Waals surface area contributed by atoms with Crippen LogP contribution in [0.2, 0.25) is 0 Å².